The van der Waals surface area contributed by atoms with E-state index in [-0.39, 0.29) is 23.6 Å². The van der Waals surface area contributed by atoms with E-state index in [2.05, 4.69) is 0 Å². The number of carbonyl (C=O) groups is 1. The highest BCUT2D eigenvalue weighted by molar-refractivity contribution is 6.02. The van der Waals surface area contributed by atoms with Crippen LogP contribution in [0.25, 0.3) is 0 Å². The number of benzene rings is 1. The molecule has 7 heteroatoms. The molecular weight excluding hydrogens is 240 g/mol. The zero-order chi connectivity index (χ0) is 13.7. The summed E-state index contributed by atoms with van der Waals surface area (Å²) in [6.45, 7) is 1.96. The number of rotatable bonds is 6. The minimum atomic E-state index is -1.16. The highest BCUT2D eigenvalue weighted by Gasteiger charge is 2.22. The first-order valence-electron chi connectivity index (χ1n) is 5.25. The van der Waals surface area contributed by atoms with Gasteiger partial charge in [0.05, 0.1) is 17.6 Å². The summed E-state index contributed by atoms with van der Waals surface area (Å²) in [5.41, 5.74) is 5.34. The van der Waals surface area contributed by atoms with Crippen molar-refractivity contribution in [1.82, 2.24) is 0 Å². The largest absolute Gasteiger partial charge is 0.496 e. The lowest BCUT2D eigenvalue weighted by atomic mass is 10.1. The van der Waals surface area contributed by atoms with E-state index in [9.17, 15) is 14.9 Å². The zero-order valence-electron chi connectivity index (χ0n) is 10.1. The van der Waals surface area contributed by atoms with Gasteiger partial charge in [-0.25, -0.2) is 0 Å². The topological polar surface area (TPSA) is 105 Å². The standard InChI is InChI=1S/C11H14N2O5/c1-3-18-11(12)10(14)8-6-7(13(15)16)4-5-9(8)17-2/h4-6,11H,3,12H2,1-2H3. The molecule has 0 aliphatic rings. The number of nitrogens with two attached hydrogens (primary N) is 1. The monoisotopic (exact) mass is 254 g/mol. The smallest absolute Gasteiger partial charge is 0.270 e. The molecule has 18 heavy (non-hydrogen) atoms. The van der Waals surface area contributed by atoms with Crippen molar-refractivity contribution in [3.63, 3.8) is 0 Å². The van der Waals surface area contributed by atoms with Crippen LogP contribution < -0.4 is 10.5 Å². The van der Waals surface area contributed by atoms with Crippen molar-refractivity contribution in [1.29, 1.82) is 0 Å². The fourth-order valence-electron chi connectivity index (χ4n) is 1.41. The number of Topliss-reactive ketones (excluding diaryl/α,β-unsaturated/α-hetero) is 1. The predicted molar refractivity (Wildman–Crippen MR) is 63.6 cm³/mol. The molecule has 1 atom stereocenters. The summed E-state index contributed by atoms with van der Waals surface area (Å²) in [6, 6.07) is 3.73. The van der Waals surface area contributed by atoms with E-state index in [1.807, 2.05) is 0 Å². The molecule has 0 bridgehead atoms. The summed E-state index contributed by atoms with van der Waals surface area (Å²) >= 11 is 0. The molecule has 0 heterocycles. The maximum absolute atomic E-state index is 11.9. The highest BCUT2D eigenvalue weighted by atomic mass is 16.6. The Labute approximate surface area is 104 Å². The molecule has 0 amide bonds. The van der Waals surface area contributed by atoms with Crippen molar-refractivity contribution in [3.05, 3.63) is 33.9 Å². The highest BCUT2D eigenvalue weighted by Crippen LogP contribution is 2.25. The lowest BCUT2D eigenvalue weighted by molar-refractivity contribution is -0.384. The van der Waals surface area contributed by atoms with Crippen LogP contribution in [0.5, 0.6) is 5.75 Å². The van der Waals surface area contributed by atoms with Gasteiger partial charge in [0.2, 0.25) is 5.78 Å². The van der Waals surface area contributed by atoms with Gasteiger partial charge in [0.1, 0.15) is 5.75 Å². The number of nitro benzene ring substituents is 1. The fraction of sp³-hybridized carbons (Fsp3) is 0.364. The van der Waals surface area contributed by atoms with Gasteiger partial charge < -0.3 is 9.47 Å². The van der Waals surface area contributed by atoms with Crippen LogP contribution in [0.15, 0.2) is 18.2 Å². The van der Waals surface area contributed by atoms with Gasteiger partial charge in [-0.05, 0) is 13.0 Å². The third kappa shape index (κ3) is 3.02. The second-order valence-corrected chi connectivity index (χ2v) is 3.38. The molecule has 0 fully saturated rings. The quantitative estimate of drug-likeness (QED) is 0.353. The molecule has 0 saturated carbocycles. The van der Waals surface area contributed by atoms with E-state index in [4.69, 9.17) is 15.2 Å². The molecule has 1 aromatic carbocycles. The summed E-state index contributed by atoms with van der Waals surface area (Å²) in [7, 11) is 1.37. The third-order valence-electron chi connectivity index (χ3n) is 2.26. The van der Waals surface area contributed by atoms with Crippen molar-refractivity contribution >= 4 is 11.5 Å². The molecule has 7 nitrogen and oxygen atoms in total. The van der Waals surface area contributed by atoms with Gasteiger partial charge in [0.15, 0.2) is 6.23 Å². The molecule has 2 N–H and O–H groups in total. The van der Waals surface area contributed by atoms with Gasteiger partial charge in [0.25, 0.3) is 5.69 Å². The summed E-state index contributed by atoms with van der Waals surface area (Å²) in [4.78, 5) is 22.0. The van der Waals surface area contributed by atoms with Crippen LogP contribution in [0.4, 0.5) is 5.69 Å². The van der Waals surface area contributed by atoms with Gasteiger partial charge >= 0.3 is 0 Å². The number of nitro groups is 1. The molecule has 0 saturated heterocycles. The van der Waals surface area contributed by atoms with Crippen LogP contribution >= 0.6 is 0 Å². The molecular formula is C11H14N2O5. The maximum Gasteiger partial charge on any atom is 0.270 e. The molecule has 0 aliphatic heterocycles. The number of ether oxygens (including phenoxy) is 2. The van der Waals surface area contributed by atoms with Crippen LogP contribution in [-0.4, -0.2) is 30.7 Å². The van der Waals surface area contributed by atoms with Gasteiger partial charge in [-0.2, -0.15) is 0 Å². The van der Waals surface area contributed by atoms with Crippen molar-refractivity contribution in [2.24, 2.45) is 5.73 Å². The number of nitrogens with zero attached hydrogens (tertiary/aromatic N) is 1. The molecule has 98 valence electrons. The minimum Gasteiger partial charge on any atom is -0.496 e. The molecule has 0 aliphatic carbocycles. The molecule has 1 rings (SSSR count). The Morgan fingerprint density at radius 1 is 1.56 bits per heavy atom. The van der Waals surface area contributed by atoms with E-state index in [1.54, 1.807) is 6.92 Å². The molecule has 1 aromatic rings. The first-order valence-corrected chi connectivity index (χ1v) is 5.25. The van der Waals surface area contributed by atoms with E-state index in [0.29, 0.717) is 0 Å². The maximum atomic E-state index is 11.9. The molecule has 0 radical (unpaired) electrons. The van der Waals surface area contributed by atoms with E-state index in [1.165, 1.54) is 19.2 Å². The molecule has 0 aromatic heterocycles. The number of hydrogen-bond acceptors (Lipinski definition) is 6. The number of non-ortho nitro benzene ring substituents is 1. The minimum absolute atomic E-state index is 0.0349. The molecule has 1 unspecified atom stereocenters. The van der Waals surface area contributed by atoms with Gasteiger partial charge in [0, 0.05) is 18.7 Å². The Kier molecular flexibility index (Phi) is 4.75. The number of carbonyl (C=O) groups excluding carboxylic acids is 1. The summed E-state index contributed by atoms with van der Waals surface area (Å²) < 4.78 is 9.94. The average Bonchev–Trinajstić information content (AvgIpc) is 2.37. The first-order chi connectivity index (χ1) is 8.51. The first kappa shape index (κ1) is 14.1. The van der Waals surface area contributed by atoms with Crippen LogP contribution in [0.2, 0.25) is 0 Å². The normalized spacial score (nSPS) is 11.9. The second-order valence-electron chi connectivity index (χ2n) is 3.38. The SMILES string of the molecule is CCOC(N)C(=O)c1cc([N+](=O)[O-])ccc1OC. The van der Waals surface area contributed by atoms with E-state index in [0.717, 1.165) is 6.07 Å². The summed E-state index contributed by atoms with van der Waals surface area (Å²) in [6.07, 6.45) is -1.16. The van der Waals surface area contributed by atoms with E-state index >= 15 is 0 Å². The van der Waals surface area contributed by atoms with Crippen LogP contribution in [0.1, 0.15) is 17.3 Å². The fourth-order valence-corrected chi connectivity index (χ4v) is 1.41. The van der Waals surface area contributed by atoms with Crippen LogP contribution in [0.3, 0.4) is 0 Å². The zero-order valence-corrected chi connectivity index (χ0v) is 10.1. The predicted octanol–water partition coefficient (Wildman–Crippen LogP) is 1.11. The number of hydrogen-bond donors (Lipinski definition) is 1. The Bertz CT molecular complexity index is 461. The van der Waals surface area contributed by atoms with Gasteiger partial charge in [-0.15, -0.1) is 0 Å². The number of ketones is 1. The van der Waals surface area contributed by atoms with Gasteiger partial charge in [-0.3, -0.25) is 20.6 Å². The van der Waals surface area contributed by atoms with Crippen molar-refractivity contribution in [2.75, 3.05) is 13.7 Å². The lowest BCUT2D eigenvalue weighted by Crippen LogP contribution is -2.33. The third-order valence-corrected chi connectivity index (χ3v) is 2.26. The van der Waals surface area contributed by atoms with Gasteiger partial charge in [-0.1, -0.05) is 0 Å². The Hall–Kier alpha value is -1.99. The number of methoxy groups -OCH3 is 1. The molecule has 0 spiro atoms. The van der Waals surface area contributed by atoms with Crippen molar-refractivity contribution < 1.29 is 19.2 Å². The van der Waals surface area contributed by atoms with Crippen molar-refractivity contribution in [3.8, 4) is 5.75 Å². The van der Waals surface area contributed by atoms with E-state index < -0.39 is 16.9 Å². The Morgan fingerprint density at radius 2 is 2.22 bits per heavy atom. The Morgan fingerprint density at radius 3 is 2.72 bits per heavy atom. The van der Waals surface area contributed by atoms with Crippen LogP contribution in [-0.2, 0) is 4.74 Å². The lowest BCUT2D eigenvalue weighted by Gasteiger charge is -2.12. The summed E-state index contributed by atoms with van der Waals surface area (Å²) in [5, 5.41) is 10.7. The van der Waals surface area contributed by atoms with Crippen molar-refractivity contribution in [2.45, 2.75) is 13.2 Å². The second kappa shape index (κ2) is 6.08. The summed E-state index contributed by atoms with van der Waals surface area (Å²) in [5.74, 6) is -0.335. The Balaban J connectivity index is 3.15. The average molecular weight is 254 g/mol. The van der Waals surface area contributed by atoms with Crippen LogP contribution in [0, 0.1) is 10.1 Å².